The van der Waals surface area contributed by atoms with Crippen molar-refractivity contribution in [3.05, 3.63) is 88.1 Å². The number of nitrogens with zero attached hydrogens (tertiary/aromatic N) is 1. The van der Waals surface area contributed by atoms with Crippen molar-refractivity contribution in [3.8, 4) is 0 Å². The Kier molecular flexibility index (Phi) is 6.42. The predicted octanol–water partition coefficient (Wildman–Crippen LogP) is 5.47. The molecule has 0 aliphatic heterocycles. The van der Waals surface area contributed by atoms with Gasteiger partial charge >= 0.3 is 0 Å². The molecule has 2 aromatic carbocycles. The van der Waals surface area contributed by atoms with Crippen molar-refractivity contribution < 1.29 is 18.4 Å². The first-order valence-corrected chi connectivity index (χ1v) is 11.1. The zero-order valence-corrected chi connectivity index (χ0v) is 17.6. The zero-order valence-electron chi connectivity index (χ0n) is 16.8. The summed E-state index contributed by atoms with van der Waals surface area (Å²) in [6, 6.07) is 13.5. The van der Waals surface area contributed by atoms with Crippen LogP contribution in [0.3, 0.4) is 0 Å². The Morgan fingerprint density at radius 3 is 2.32 bits per heavy atom. The molecule has 0 bridgehead atoms. The standard InChI is InChI=1S/C24H22F2N2O2S/c25-17-13-11-16(12-14-17)22(23(29)27-18-6-1-2-7-18)28(20-9-4-3-8-19(20)26)24(30)21-10-5-15-31-21/h3-5,8-15,18,22H,1-2,6-7H2,(H,27,29). The van der Waals surface area contributed by atoms with E-state index in [1.807, 2.05) is 0 Å². The molecule has 1 heterocycles. The molecule has 4 rings (SSSR count). The van der Waals surface area contributed by atoms with Gasteiger partial charge in [-0.2, -0.15) is 0 Å². The summed E-state index contributed by atoms with van der Waals surface area (Å²) < 4.78 is 28.5. The van der Waals surface area contributed by atoms with E-state index in [9.17, 15) is 18.4 Å². The van der Waals surface area contributed by atoms with Gasteiger partial charge in [0, 0.05) is 6.04 Å². The minimum Gasteiger partial charge on any atom is -0.351 e. The fourth-order valence-corrected chi connectivity index (χ4v) is 4.60. The van der Waals surface area contributed by atoms with Gasteiger partial charge in [0.15, 0.2) is 0 Å². The fourth-order valence-electron chi connectivity index (χ4n) is 3.94. The molecule has 2 amide bonds. The third kappa shape index (κ3) is 4.66. The molecule has 1 aliphatic rings. The molecular weight excluding hydrogens is 418 g/mol. The third-order valence-corrected chi connectivity index (χ3v) is 6.31. The Balaban J connectivity index is 1.82. The lowest BCUT2D eigenvalue weighted by Gasteiger charge is -2.32. The Morgan fingerprint density at radius 2 is 1.68 bits per heavy atom. The van der Waals surface area contributed by atoms with E-state index < -0.39 is 29.5 Å². The van der Waals surface area contributed by atoms with Crippen molar-refractivity contribution >= 4 is 28.8 Å². The van der Waals surface area contributed by atoms with Gasteiger partial charge in [-0.15, -0.1) is 11.3 Å². The Bertz CT molecular complexity index is 1050. The highest BCUT2D eigenvalue weighted by molar-refractivity contribution is 7.12. The van der Waals surface area contributed by atoms with Crippen LogP contribution in [0.2, 0.25) is 0 Å². The highest BCUT2D eigenvalue weighted by Gasteiger charge is 2.36. The molecule has 1 N–H and O–H groups in total. The van der Waals surface area contributed by atoms with Gasteiger partial charge in [0.05, 0.1) is 10.6 Å². The molecule has 3 aromatic rings. The first-order valence-electron chi connectivity index (χ1n) is 10.2. The van der Waals surface area contributed by atoms with Crippen LogP contribution in [0, 0.1) is 11.6 Å². The lowest BCUT2D eigenvalue weighted by molar-refractivity contribution is -0.123. The Labute approximate surface area is 183 Å². The maximum Gasteiger partial charge on any atom is 0.269 e. The number of amides is 2. The van der Waals surface area contributed by atoms with E-state index in [4.69, 9.17) is 0 Å². The van der Waals surface area contributed by atoms with E-state index in [0.29, 0.717) is 10.4 Å². The summed E-state index contributed by atoms with van der Waals surface area (Å²) in [7, 11) is 0. The van der Waals surface area contributed by atoms with E-state index in [1.54, 1.807) is 23.6 Å². The molecule has 1 fully saturated rings. The number of halogens is 2. The molecule has 1 atom stereocenters. The quantitative estimate of drug-likeness (QED) is 0.552. The minimum atomic E-state index is -1.15. The Morgan fingerprint density at radius 1 is 0.968 bits per heavy atom. The number of hydrogen-bond acceptors (Lipinski definition) is 3. The average molecular weight is 441 g/mol. The highest BCUT2D eigenvalue weighted by Crippen LogP contribution is 2.33. The van der Waals surface area contributed by atoms with Gasteiger partial charge in [-0.05, 0) is 54.1 Å². The first-order chi connectivity index (χ1) is 15.0. The summed E-state index contributed by atoms with van der Waals surface area (Å²) in [5.41, 5.74) is 0.404. The number of benzene rings is 2. The number of para-hydroxylation sites is 1. The SMILES string of the molecule is O=C(NC1CCCC1)C(c1ccc(F)cc1)N(C(=O)c1cccs1)c1ccccc1F. The summed E-state index contributed by atoms with van der Waals surface area (Å²) >= 11 is 1.21. The monoisotopic (exact) mass is 440 g/mol. The zero-order chi connectivity index (χ0) is 21.8. The van der Waals surface area contributed by atoms with Crippen molar-refractivity contribution in [2.24, 2.45) is 0 Å². The molecule has 0 radical (unpaired) electrons. The summed E-state index contributed by atoms with van der Waals surface area (Å²) in [6.45, 7) is 0. The number of carbonyl (C=O) groups is 2. The van der Waals surface area contributed by atoms with Crippen molar-refractivity contribution in [1.82, 2.24) is 5.32 Å². The normalized spacial score (nSPS) is 14.9. The van der Waals surface area contributed by atoms with Gasteiger partial charge < -0.3 is 5.32 Å². The van der Waals surface area contributed by atoms with E-state index in [1.165, 1.54) is 58.7 Å². The molecule has 1 aromatic heterocycles. The number of hydrogen-bond donors (Lipinski definition) is 1. The minimum absolute atomic E-state index is 0.00297. The molecule has 4 nitrogen and oxygen atoms in total. The number of nitrogens with one attached hydrogen (secondary N) is 1. The Hall–Kier alpha value is -3.06. The summed E-state index contributed by atoms with van der Waals surface area (Å²) in [5, 5.41) is 4.76. The molecule has 1 unspecified atom stereocenters. The maximum atomic E-state index is 14.9. The topological polar surface area (TPSA) is 49.4 Å². The van der Waals surface area contributed by atoms with Crippen LogP contribution in [-0.2, 0) is 4.79 Å². The molecule has 1 saturated carbocycles. The third-order valence-electron chi connectivity index (χ3n) is 5.46. The molecule has 160 valence electrons. The van der Waals surface area contributed by atoms with Crippen molar-refractivity contribution in [2.75, 3.05) is 4.90 Å². The van der Waals surface area contributed by atoms with Gasteiger partial charge in [0.25, 0.3) is 5.91 Å². The van der Waals surface area contributed by atoms with Crippen LogP contribution >= 0.6 is 11.3 Å². The molecule has 0 saturated heterocycles. The fraction of sp³-hybridized carbons (Fsp3) is 0.250. The van der Waals surface area contributed by atoms with Crippen LogP contribution in [0.15, 0.2) is 66.0 Å². The van der Waals surface area contributed by atoms with Crippen molar-refractivity contribution in [2.45, 2.75) is 37.8 Å². The van der Waals surface area contributed by atoms with Crippen molar-refractivity contribution in [3.63, 3.8) is 0 Å². The van der Waals surface area contributed by atoms with E-state index in [0.717, 1.165) is 25.7 Å². The van der Waals surface area contributed by atoms with Gasteiger partial charge in [0.1, 0.15) is 17.7 Å². The summed E-state index contributed by atoms with van der Waals surface area (Å²) in [6.07, 6.45) is 3.77. The maximum absolute atomic E-state index is 14.9. The van der Waals surface area contributed by atoms with Crippen LogP contribution in [-0.4, -0.2) is 17.9 Å². The van der Waals surface area contributed by atoms with Crippen LogP contribution in [0.1, 0.15) is 47.0 Å². The van der Waals surface area contributed by atoms with Gasteiger partial charge in [-0.25, -0.2) is 8.78 Å². The number of thiophene rings is 1. The molecular formula is C24H22F2N2O2S. The van der Waals surface area contributed by atoms with Crippen molar-refractivity contribution in [1.29, 1.82) is 0 Å². The average Bonchev–Trinajstić information content (AvgIpc) is 3.47. The largest absolute Gasteiger partial charge is 0.351 e. The predicted molar refractivity (Wildman–Crippen MR) is 117 cm³/mol. The van der Waals surface area contributed by atoms with Crippen LogP contribution in [0.25, 0.3) is 0 Å². The van der Waals surface area contributed by atoms with Crippen LogP contribution in [0.5, 0.6) is 0 Å². The first kappa shape index (κ1) is 21.2. The van der Waals surface area contributed by atoms with E-state index in [2.05, 4.69) is 5.32 Å². The van der Waals surface area contributed by atoms with Crippen LogP contribution < -0.4 is 10.2 Å². The van der Waals surface area contributed by atoms with Gasteiger partial charge in [-0.1, -0.05) is 43.2 Å². The second kappa shape index (κ2) is 9.39. The smallest absolute Gasteiger partial charge is 0.269 e. The number of carbonyl (C=O) groups excluding carboxylic acids is 2. The van der Waals surface area contributed by atoms with Gasteiger partial charge in [0.2, 0.25) is 5.91 Å². The summed E-state index contributed by atoms with van der Waals surface area (Å²) in [4.78, 5) is 28.5. The second-order valence-electron chi connectivity index (χ2n) is 7.55. The molecule has 7 heteroatoms. The molecule has 1 aliphatic carbocycles. The molecule has 31 heavy (non-hydrogen) atoms. The van der Waals surface area contributed by atoms with E-state index >= 15 is 0 Å². The van der Waals surface area contributed by atoms with E-state index in [-0.39, 0.29) is 11.7 Å². The highest BCUT2D eigenvalue weighted by atomic mass is 32.1. The lowest BCUT2D eigenvalue weighted by Crippen LogP contribution is -2.46. The molecule has 0 spiro atoms. The number of anilines is 1. The van der Waals surface area contributed by atoms with Crippen LogP contribution in [0.4, 0.5) is 14.5 Å². The lowest BCUT2D eigenvalue weighted by atomic mass is 10.0. The second-order valence-corrected chi connectivity index (χ2v) is 8.50. The summed E-state index contributed by atoms with van der Waals surface area (Å²) in [5.74, 6) is -1.98. The van der Waals surface area contributed by atoms with Gasteiger partial charge in [-0.3, -0.25) is 14.5 Å². The number of rotatable bonds is 6.